The molecule has 2 fully saturated rings. The monoisotopic (exact) mass is 853 g/mol. The third-order valence-electron chi connectivity index (χ3n) is 11.1. The van der Waals surface area contributed by atoms with Crippen molar-refractivity contribution in [2.75, 3.05) is 13.7 Å². The van der Waals surface area contributed by atoms with E-state index < -0.39 is 12.1 Å². The van der Waals surface area contributed by atoms with E-state index in [4.69, 9.17) is 4.74 Å². The summed E-state index contributed by atoms with van der Waals surface area (Å²) in [4.78, 5) is 35.3. The second-order valence-electron chi connectivity index (χ2n) is 14.9. The lowest BCUT2D eigenvalue weighted by molar-refractivity contribution is -0.135. The zero-order valence-electron chi connectivity index (χ0n) is 30.6. The standard InChI is InChI=1S/C42H45Br2N7O3/c1-24(2)35(48-42(53)54-3)41(52)50-22-4-5-34(50)40-47-37(39(44)49-40)30-14-10-28(11-15-30)33-21-20-32(51(33)31-18-16-26(17-19-31)25-6-7-25)27-8-12-29(13-9-27)36-38(43)46-23-45-36/h8-14,16-21,23-25,30,34-35,40,47,49H,4-7,15,22H2,1-3H3,(H,45,46)(H,48,53)/t30?,34-,35-,40?/m0/s1. The first-order valence-corrected chi connectivity index (χ1v) is 20.4. The second-order valence-corrected chi connectivity index (χ2v) is 16.5. The van der Waals surface area contributed by atoms with Crippen molar-refractivity contribution in [1.29, 1.82) is 0 Å². The van der Waals surface area contributed by atoms with E-state index in [9.17, 15) is 9.59 Å². The molecule has 2 aromatic carbocycles. The van der Waals surface area contributed by atoms with Gasteiger partial charge in [0.05, 0.1) is 41.2 Å². The van der Waals surface area contributed by atoms with Gasteiger partial charge in [0.15, 0.2) is 0 Å². The highest BCUT2D eigenvalue weighted by atomic mass is 79.9. The van der Waals surface area contributed by atoms with E-state index in [2.05, 4.69) is 141 Å². The fourth-order valence-electron chi connectivity index (χ4n) is 8.02. The van der Waals surface area contributed by atoms with Gasteiger partial charge in [0.25, 0.3) is 0 Å². The number of hydrogen-bond donors (Lipinski definition) is 4. The van der Waals surface area contributed by atoms with Gasteiger partial charge < -0.3 is 35.1 Å². The molecular formula is C42H45Br2N7O3. The van der Waals surface area contributed by atoms with Crippen LogP contribution in [-0.2, 0) is 9.53 Å². The van der Waals surface area contributed by atoms with Crippen LogP contribution in [0.4, 0.5) is 4.79 Å². The van der Waals surface area contributed by atoms with Crippen molar-refractivity contribution < 1.29 is 14.3 Å². The largest absolute Gasteiger partial charge is 0.453 e. The SMILES string of the molecule is COC(=O)N[C@H](C(=O)N1CCC[C@H]1C1NC(Br)=C(C2C=CC(c3ccc(-c4ccc(-c5nc[nH]c5Br)cc4)n3-c3ccc(C4CC4)cc3)=CC2)N1)C(C)C. The van der Waals surface area contributed by atoms with E-state index in [0.717, 1.165) is 68.1 Å². The predicted molar refractivity (Wildman–Crippen MR) is 219 cm³/mol. The lowest BCUT2D eigenvalue weighted by Gasteiger charge is -2.34. The molecule has 2 aliphatic heterocycles. The normalized spacial score (nSPS) is 21.6. The number of aromatic amines is 1. The van der Waals surface area contributed by atoms with Gasteiger partial charge >= 0.3 is 6.09 Å². The fraction of sp³-hybridized carbons (Fsp3) is 0.357. The van der Waals surface area contributed by atoms with Crippen LogP contribution < -0.4 is 16.0 Å². The second kappa shape index (κ2) is 15.3. The predicted octanol–water partition coefficient (Wildman–Crippen LogP) is 8.59. The smallest absolute Gasteiger partial charge is 0.407 e. The van der Waals surface area contributed by atoms with Crippen LogP contribution in [0.25, 0.3) is 33.8 Å². The highest BCUT2D eigenvalue weighted by molar-refractivity contribution is 9.11. The minimum Gasteiger partial charge on any atom is -0.453 e. The number of carbonyl (C=O) groups is 2. The van der Waals surface area contributed by atoms with Gasteiger partial charge in [-0.25, -0.2) is 9.78 Å². The first-order chi connectivity index (χ1) is 26.2. The molecule has 10 nitrogen and oxygen atoms in total. The molecule has 4 atom stereocenters. The lowest BCUT2D eigenvalue weighted by atomic mass is 9.92. The van der Waals surface area contributed by atoms with Crippen molar-refractivity contribution in [1.82, 2.24) is 35.4 Å². The third kappa shape index (κ3) is 7.18. The maximum Gasteiger partial charge on any atom is 0.407 e. The van der Waals surface area contributed by atoms with Gasteiger partial charge in [0.1, 0.15) is 22.5 Å². The summed E-state index contributed by atoms with van der Waals surface area (Å²) < 4.78 is 8.97. The number of H-pyrrole nitrogens is 1. The zero-order chi connectivity index (χ0) is 37.5. The number of hydrogen-bond acceptors (Lipinski definition) is 6. The molecule has 0 radical (unpaired) electrons. The number of likely N-dealkylation sites (tertiary alicyclic amines) is 1. The van der Waals surface area contributed by atoms with Crippen molar-refractivity contribution in [3.05, 3.63) is 111 Å². The number of aromatic nitrogens is 3. The van der Waals surface area contributed by atoms with Crippen molar-refractivity contribution in [3.63, 3.8) is 0 Å². The number of halogens is 2. The van der Waals surface area contributed by atoms with Gasteiger partial charge in [-0.2, -0.15) is 0 Å². The minimum absolute atomic E-state index is 0.0650. The van der Waals surface area contributed by atoms with Crippen LogP contribution >= 0.6 is 31.9 Å². The molecule has 280 valence electrons. The lowest BCUT2D eigenvalue weighted by Crippen LogP contribution is -2.57. The summed E-state index contributed by atoms with van der Waals surface area (Å²) in [5.41, 5.74) is 10.1. The fourth-order valence-corrected chi connectivity index (χ4v) is 9.10. The number of rotatable bonds is 10. The molecule has 2 amide bonds. The number of imidazole rings is 1. The summed E-state index contributed by atoms with van der Waals surface area (Å²) in [6.45, 7) is 4.52. The van der Waals surface area contributed by atoms with Crippen molar-refractivity contribution in [3.8, 4) is 28.2 Å². The first kappa shape index (κ1) is 36.4. The van der Waals surface area contributed by atoms with Crippen LogP contribution in [0.15, 0.2) is 100 Å². The van der Waals surface area contributed by atoms with E-state index in [1.807, 2.05) is 18.7 Å². The van der Waals surface area contributed by atoms with Gasteiger partial charge in [-0.3, -0.25) is 4.79 Å². The van der Waals surface area contributed by atoms with Gasteiger partial charge in [-0.05, 0) is 117 Å². The number of allylic oxidation sites excluding steroid dienone is 4. The van der Waals surface area contributed by atoms with Crippen LogP contribution in [0.3, 0.4) is 0 Å². The number of alkyl carbamates (subject to hydrolysis) is 1. The molecule has 12 heteroatoms. The molecule has 0 spiro atoms. The van der Waals surface area contributed by atoms with Crippen LogP contribution in [0.1, 0.15) is 63.1 Å². The van der Waals surface area contributed by atoms with Crippen molar-refractivity contribution >= 4 is 49.4 Å². The number of benzene rings is 2. The van der Waals surface area contributed by atoms with E-state index in [0.29, 0.717) is 12.5 Å². The molecular weight excluding hydrogens is 810 g/mol. The summed E-state index contributed by atoms with van der Waals surface area (Å²) in [6.07, 6.45) is 12.9. The number of ether oxygens (including phenoxy) is 1. The summed E-state index contributed by atoms with van der Waals surface area (Å²) >= 11 is 7.39. The molecule has 0 bridgehead atoms. The Labute approximate surface area is 332 Å². The van der Waals surface area contributed by atoms with Crippen molar-refractivity contribution in [2.45, 2.75) is 70.1 Å². The van der Waals surface area contributed by atoms with Crippen LogP contribution in [0.2, 0.25) is 0 Å². The Morgan fingerprint density at radius 3 is 2.33 bits per heavy atom. The quantitative estimate of drug-likeness (QED) is 0.119. The van der Waals surface area contributed by atoms with Crippen molar-refractivity contribution in [2.24, 2.45) is 11.8 Å². The Hall–Kier alpha value is -4.55. The van der Waals surface area contributed by atoms with Crippen LogP contribution in [0, 0.1) is 11.8 Å². The molecule has 4 aromatic rings. The number of carbonyl (C=O) groups excluding carboxylic acids is 2. The molecule has 54 heavy (non-hydrogen) atoms. The Bertz CT molecular complexity index is 2130. The van der Waals surface area contributed by atoms with Gasteiger partial charge in [-0.1, -0.05) is 68.5 Å². The Morgan fingerprint density at radius 2 is 1.69 bits per heavy atom. The molecule has 1 saturated heterocycles. The average molecular weight is 856 g/mol. The highest BCUT2D eigenvalue weighted by Gasteiger charge is 2.42. The van der Waals surface area contributed by atoms with E-state index in [1.165, 1.54) is 31.1 Å². The van der Waals surface area contributed by atoms with Crippen LogP contribution in [0.5, 0.6) is 0 Å². The maximum absolute atomic E-state index is 13.7. The van der Waals surface area contributed by atoms with Crippen LogP contribution in [-0.4, -0.2) is 63.3 Å². The molecule has 4 heterocycles. The summed E-state index contributed by atoms with van der Waals surface area (Å²) in [6, 6.07) is 21.4. The molecule has 2 unspecified atom stereocenters. The molecule has 2 aliphatic carbocycles. The zero-order valence-corrected chi connectivity index (χ0v) is 33.8. The highest BCUT2D eigenvalue weighted by Crippen LogP contribution is 2.41. The van der Waals surface area contributed by atoms with E-state index >= 15 is 0 Å². The maximum atomic E-state index is 13.7. The number of nitrogens with one attached hydrogen (secondary N) is 4. The molecule has 8 rings (SSSR count). The summed E-state index contributed by atoms with van der Waals surface area (Å²) in [7, 11) is 1.32. The molecule has 4 N–H and O–H groups in total. The van der Waals surface area contributed by atoms with Gasteiger partial charge in [0, 0.05) is 23.7 Å². The Balaban J connectivity index is 1.01. The topological polar surface area (TPSA) is 116 Å². The van der Waals surface area contributed by atoms with E-state index in [-0.39, 0.29) is 30.0 Å². The molecule has 2 aromatic heterocycles. The average Bonchev–Trinajstić information content (AvgIpc) is 3.50. The number of amides is 2. The first-order valence-electron chi connectivity index (χ1n) is 18.8. The third-order valence-corrected chi connectivity index (χ3v) is 12.3. The van der Waals surface area contributed by atoms with Gasteiger partial charge in [-0.15, -0.1) is 0 Å². The van der Waals surface area contributed by atoms with Gasteiger partial charge in [0.2, 0.25) is 5.91 Å². The Kier molecular flexibility index (Phi) is 10.3. The number of nitrogens with zero attached hydrogens (tertiary/aromatic N) is 3. The summed E-state index contributed by atoms with van der Waals surface area (Å²) in [5, 5.41) is 10.1. The van der Waals surface area contributed by atoms with E-state index in [1.54, 1.807) is 6.33 Å². The number of methoxy groups -OCH3 is 1. The molecule has 1 saturated carbocycles. The summed E-state index contributed by atoms with van der Waals surface area (Å²) in [5.74, 6) is 0.667. The molecule has 4 aliphatic rings. The Morgan fingerprint density at radius 1 is 0.944 bits per heavy atom. The minimum atomic E-state index is -0.653.